The normalized spacial score (nSPS) is 15.9. The zero-order valence-electron chi connectivity index (χ0n) is 17.0. The second-order valence-corrected chi connectivity index (χ2v) is 8.85. The van der Waals surface area contributed by atoms with Crippen molar-refractivity contribution in [2.24, 2.45) is 0 Å². The van der Waals surface area contributed by atoms with Crippen LogP contribution < -0.4 is 14.8 Å². The Morgan fingerprint density at radius 2 is 1.86 bits per heavy atom. The van der Waals surface area contributed by atoms with Gasteiger partial charge in [0.1, 0.15) is 22.2 Å². The number of nitrogens with one attached hydrogen (secondary N) is 1. The largest absolute Gasteiger partial charge is 0.497 e. The third-order valence-corrected chi connectivity index (χ3v) is 7.04. The quantitative estimate of drug-likeness (QED) is 0.737. The van der Waals surface area contributed by atoms with Crippen LogP contribution in [0, 0.1) is 6.92 Å². The van der Waals surface area contributed by atoms with Crippen molar-refractivity contribution in [3.63, 3.8) is 0 Å². The van der Waals surface area contributed by atoms with Gasteiger partial charge in [0.05, 0.1) is 20.3 Å². The predicted molar refractivity (Wildman–Crippen MR) is 107 cm³/mol. The zero-order valence-corrected chi connectivity index (χ0v) is 17.8. The number of nitrogens with zero attached hydrogens (tertiary/aromatic N) is 1. The van der Waals surface area contributed by atoms with E-state index in [-0.39, 0.29) is 16.4 Å². The molecule has 0 radical (unpaired) electrons. The highest BCUT2D eigenvalue weighted by atomic mass is 32.2. The molecule has 1 aliphatic heterocycles. The summed E-state index contributed by atoms with van der Waals surface area (Å²) in [7, 11) is -0.554. The molecule has 1 atom stereocenters. The maximum Gasteiger partial charge on any atom is 0.287 e. The summed E-state index contributed by atoms with van der Waals surface area (Å²) in [6, 6.07) is 6.18. The molecular formula is C20H26N2O6S. The van der Waals surface area contributed by atoms with Gasteiger partial charge in [0.2, 0.25) is 10.0 Å². The SMILES string of the molecule is COc1ccc(OC)c(C(C)NC(=O)c2cc(S(=O)(=O)N3CCCC3)c(C)o2)c1. The minimum absolute atomic E-state index is 0.0381. The van der Waals surface area contributed by atoms with Gasteiger partial charge < -0.3 is 19.2 Å². The number of aryl methyl sites for hydroxylation is 1. The smallest absolute Gasteiger partial charge is 0.287 e. The van der Waals surface area contributed by atoms with Crippen LogP contribution in [0.5, 0.6) is 11.5 Å². The van der Waals surface area contributed by atoms with Crippen LogP contribution in [0.25, 0.3) is 0 Å². The lowest BCUT2D eigenvalue weighted by Crippen LogP contribution is -2.28. The van der Waals surface area contributed by atoms with Crippen molar-refractivity contribution in [2.75, 3.05) is 27.3 Å². The van der Waals surface area contributed by atoms with Gasteiger partial charge in [0.15, 0.2) is 5.76 Å². The Hall–Kier alpha value is -2.52. The van der Waals surface area contributed by atoms with Gasteiger partial charge in [-0.05, 0) is 44.9 Å². The van der Waals surface area contributed by atoms with Crippen molar-refractivity contribution in [3.8, 4) is 11.5 Å². The number of hydrogen-bond acceptors (Lipinski definition) is 6. The van der Waals surface area contributed by atoms with Gasteiger partial charge in [0.25, 0.3) is 5.91 Å². The molecule has 158 valence electrons. The van der Waals surface area contributed by atoms with E-state index in [1.54, 1.807) is 46.3 Å². The third-order valence-electron chi connectivity index (χ3n) is 5.03. The zero-order chi connectivity index (χ0) is 21.2. The molecule has 0 saturated carbocycles. The molecule has 8 nitrogen and oxygen atoms in total. The van der Waals surface area contributed by atoms with Crippen molar-refractivity contribution in [1.82, 2.24) is 9.62 Å². The fourth-order valence-electron chi connectivity index (χ4n) is 3.42. The number of sulfonamides is 1. The van der Waals surface area contributed by atoms with Gasteiger partial charge in [-0.15, -0.1) is 0 Å². The van der Waals surface area contributed by atoms with Crippen molar-refractivity contribution in [2.45, 2.75) is 37.6 Å². The summed E-state index contributed by atoms with van der Waals surface area (Å²) < 4.78 is 43.1. The van der Waals surface area contributed by atoms with Gasteiger partial charge in [-0.2, -0.15) is 4.31 Å². The topological polar surface area (TPSA) is 98.1 Å². The maximum atomic E-state index is 12.8. The van der Waals surface area contributed by atoms with Gasteiger partial charge in [-0.1, -0.05) is 0 Å². The van der Waals surface area contributed by atoms with Crippen molar-refractivity contribution in [3.05, 3.63) is 41.3 Å². The highest BCUT2D eigenvalue weighted by Crippen LogP contribution is 2.30. The van der Waals surface area contributed by atoms with Crippen LogP contribution in [0.15, 0.2) is 33.6 Å². The number of furan rings is 1. The average Bonchev–Trinajstić information content (AvgIpc) is 3.37. The number of carbonyl (C=O) groups is 1. The number of amides is 1. The van der Waals surface area contributed by atoms with Crippen LogP contribution in [0.4, 0.5) is 0 Å². The standard InChI is InChI=1S/C20H26N2O6S/c1-13(16-11-15(26-3)7-8-17(16)27-4)21-20(23)18-12-19(14(2)28-18)29(24,25)22-9-5-6-10-22/h7-8,11-13H,5-6,9-10H2,1-4H3,(H,21,23). The number of carbonyl (C=O) groups excluding carboxylic acids is 1. The second kappa shape index (κ2) is 8.46. The summed E-state index contributed by atoms with van der Waals surface area (Å²) in [4.78, 5) is 12.7. The van der Waals surface area contributed by atoms with Crippen LogP contribution >= 0.6 is 0 Å². The molecule has 1 fully saturated rings. The van der Waals surface area contributed by atoms with E-state index in [0.717, 1.165) is 18.4 Å². The highest BCUT2D eigenvalue weighted by Gasteiger charge is 2.32. The van der Waals surface area contributed by atoms with Gasteiger partial charge >= 0.3 is 0 Å². The number of rotatable bonds is 7. The molecule has 29 heavy (non-hydrogen) atoms. The van der Waals surface area contributed by atoms with E-state index in [0.29, 0.717) is 24.6 Å². The van der Waals surface area contributed by atoms with Gasteiger partial charge in [-0.3, -0.25) is 4.79 Å². The Balaban J connectivity index is 1.81. The second-order valence-electron chi connectivity index (χ2n) is 6.95. The molecule has 0 aliphatic carbocycles. The molecule has 1 unspecified atom stereocenters. The van der Waals surface area contributed by atoms with Gasteiger partial charge in [0, 0.05) is 24.7 Å². The lowest BCUT2D eigenvalue weighted by molar-refractivity contribution is 0.0910. The van der Waals surface area contributed by atoms with E-state index in [1.165, 1.54) is 10.4 Å². The average molecular weight is 423 g/mol. The summed E-state index contributed by atoms with van der Waals surface area (Å²) in [5.41, 5.74) is 0.730. The predicted octanol–water partition coefficient (Wildman–Crippen LogP) is 2.88. The maximum absolute atomic E-state index is 12.8. The molecule has 0 spiro atoms. The monoisotopic (exact) mass is 422 g/mol. The van der Waals surface area contributed by atoms with Crippen LogP contribution in [-0.4, -0.2) is 45.9 Å². The van der Waals surface area contributed by atoms with Crippen molar-refractivity contribution in [1.29, 1.82) is 0 Å². The lowest BCUT2D eigenvalue weighted by atomic mass is 10.1. The summed E-state index contributed by atoms with van der Waals surface area (Å²) in [6.45, 7) is 4.32. The fraction of sp³-hybridized carbons (Fsp3) is 0.450. The van der Waals surface area contributed by atoms with Crippen LogP contribution in [0.1, 0.15) is 47.7 Å². The van der Waals surface area contributed by atoms with Gasteiger partial charge in [-0.25, -0.2) is 8.42 Å². The Bertz CT molecular complexity index is 992. The molecule has 2 heterocycles. The molecule has 0 bridgehead atoms. The van der Waals surface area contributed by atoms with Crippen molar-refractivity contribution < 1.29 is 27.1 Å². The van der Waals surface area contributed by atoms with Crippen LogP contribution in [-0.2, 0) is 10.0 Å². The Labute approximate surface area is 170 Å². The molecule has 1 amide bonds. The first-order chi connectivity index (χ1) is 13.8. The van der Waals surface area contributed by atoms with Crippen molar-refractivity contribution >= 4 is 15.9 Å². The third kappa shape index (κ3) is 4.25. The first kappa shape index (κ1) is 21.2. The van der Waals surface area contributed by atoms with E-state index < -0.39 is 22.0 Å². The highest BCUT2D eigenvalue weighted by molar-refractivity contribution is 7.89. The number of ether oxygens (including phenoxy) is 2. The number of hydrogen-bond donors (Lipinski definition) is 1. The summed E-state index contributed by atoms with van der Waals surface area (Å²) in [6.07, 6.45) is 1.67. The van der Waals surface area contributed by atoms with E-state index >= 15 is 0 Å². The molecular weight excluding hydrogens is 396 g/mol. The molecule has 2 aromatic rings. The van der Waals surface area contributed by atoms with E-state index in [4.69, 9.17) is 13.9 Å². The lowest BCUT2D eigenvalue weighted by Gasteiger charge is -2.17. The van der Waals surface area contributed by atoms with E-state index in [9.17, 15) is 13.2 Å². The number of methoxy groups -OCH3 is 2. The summed E-state index contributed by atoms with van der Waals surface area (Å²) >= 11 is 0. The number of benzene rings is 1. The Morgan fingerprint density at radius 3 is 2.48 bits per heavy atom. The summed E-state index contributed by atoms with van der Waals surface area (Å²) in [5.74, 6) is 0.886. The van der Waals surface area contributed by atoms with E-state index in [2.05, 4.69) is 5.32 Å². The molecule has 1 N–H and O–H groups in total. The van der Waals surface area contributed by atoms with Crippen LogP contribution in [0.2, 0.25) is 0 Å². The van der Waals surface area contributed by atoms with Crippen LogP contribution in [0.3, 0.4) is 0 Å². The molecule has 3 rings (SSSR count). The molecule has 9 heteroatoms. The Kier molecular flexibility index (Phi) is 6.18. The minimum Gasteiger partial charge on any atom is -0.497 e. The fourth-order valence-corrected chi connectivity index (χ4v) is 5.10. The first-order valence-corrected chi connectivity index (χ1v) is 10.8. The first-order valence-electron chi connectivity index (χ1n) is 9.41. The minimum atomic E-state index is -3.66. The summed E-state index contributed by atoms with van der Waals surface area (Å²) in [5, 5.41) is 2.82. The molecule has 1 saturated heterocycles. The van der Waals surface area contributed by atoms with E-state index in [1.807, 2.05) is 0 Å². The Morgan fingerprint density at radius 1 is 1.17 bits per heavy atom. The molecule has 1 aromatic carbocycles. The molecule has 1 aliphatic rings. The molecule has 1 aromatic heterocycles.